The number of nitrogens with zero attached hydrogens (tertiary/aromatic N) is 2. The standard InChI is InChI=1S/C17H16ClN3O4S3/c1-11-14(18)9-6-10-15(11)28(24,25)21-17-19-16(20-26-17)12(2)27(22,23)13-7-4-3-5-8-13/h3-10,12H,1-2H3,(H,19,20,21). The lowest BCUT2D eigenvalue weighted by atomic mass is 10.2. The van der Waals surface area contributed by atoms with E-state index in [1.54, 1.807) is 31.2 Å². The third-order valence-electron chi connectivity index (χ3n) is 4.07. The van der Waals surface area contributed by atoms with Gasteiger partial charge in [-0.1, -0.05) is 35.9 Å². The summed E-state index contributed by atoms with van der Waals surface area (Å²) in [6.07, 6.45) is 0. The molecule has 1 heterocycles. The molecule has 0 amide bonds. The summed E-state index contributed by atoms with van der Waals surface area (Å²) in [7, 11) is -7.64. The van der Waals surface area contributed by atoms with Crippen LogP contribution in [0.25, 0.3) is 0 Å². The van der Waals surface area contributed by atoms with Crippen molar-refractivity contribution in [3.8, 4) is 0 Å². The second-order valence-corrected chi connectivity index (χ2v) is 11.0. The van der Waals surface area contributed by atoms with Crippen LogP contribution in [0.15, 0.2) is 58.3 Å². The van der Waals surface area contributed by atoms with Gasteiger partial charge in [0.25, 0.3) is 10.0 Å². The molecule has 11 heteroatoms. The molecule has 0 fully saturated rings. The molecule has 0 spiro atoms. The van der Waals surface area contributed by atoms with E-state index in [1.165, 1.54) is 31.2 Å². The van der Waals surface area contributed by atoms with E-state index in [-0.39, 0.29) is 20.7 Å². The molecular weight excluding hydrogens is 442 g/mol. The van der Waals surface area contributed by atoms with Crippen molar-refractivity contribution in [3.05, 3.63) is 64.9 Å². The van der Waals surface area contributed by atoms with Crippen LogP contribution in [0.4, 0.5) is 5.13 Å². The molecule has 0 aliphatic heterocycles. The van der Waals surface area contributed by atoms with Gasteiger partial charge in [-0.3, -0.25) is 4.72 Å². The van der Waals surface area contributed by atoms with Crippen LogP contribution in [0, 0.1) is 6.92 Å². The molecule has 7 nitrogen and oxygen atoms in total. The van der Waals surface area contributed by atoms with E-state index >= 15 is 0 Å². The van der Waals surface area contributed by atoms with Crippen molar-refractivity contribution < 1.29 is 16.8 Å². The van der Waals surface area contributed by atoms with E-state index in [9.17, 15) is 16.8 Å². The summed E-state index contributed by atoms with van der Waals surface area (Å²) >= 11 is 6.76. The minimum absolute atomic E-state index is 0.0155. The van der Waals surface area contributed by atoms with Gasteiger partial charge in [-0.15, -0.1) is 0 Å². The minimum atomic E-state index is -3.94. The van der Waals surface area contributed by atoms with E-state index in [4.69, 9.17) is 11.6 Å². The highest BCUT2D eigenvalue weighted by atomic mass is 35.5. The number of sulfone groups is 1. The normalized spacial score (nSPS) is 13.2. The second kappa shape index (κ2) is 7.78. The Bertz CT molecular complexity index is 1210. The lowest BCUT2D eigenvalue weighted by Crippen LogP contribution is -2.15. The fraction of sp³-hybridized carbons (Fsp3) is 0.176. The minimum Gasteiger partial charge on any atom is -0.253 e. The zero-order valence-corrected chi connectivity index (χ0v) is 18.0. The first-order valence-electron chi connectivity index (χ1n) is 8.03. The van der Waals surface area contributed by atoms with Crippen LogP contribution in [0.2, 0.25) is 5.02 Å². The highest BCUT2D eigenvalue weighted by molar-refractivity contribution is 7.93. The zero-order valence-electron chi connectivity index (χ0n) is 14.8. The van der Waals surface area contributed by atoms with Crippen LogP contribution < -0.4 is 4.72 Å². The topological polar surface area (TPSA) is 106 Å². The quantitative estimate of drug-likeness (QED) is 0.602. The number of halogens is 1. The largest absolute Gasteiger partial charge is 0.264 e. The number of hydrogen-bond donors (Lipinski definition) is 1. The van der Waals surface area contributed by atoms with Gasteiger partial charge in [-0.2, -0.15) is 4.37 Å². The van der Waals surface area contributed by atoms with Gasteiger partial charge in [0.05, 0.1) is 9.79 Å². The van der Waals surface area contributed by atoms with Gasteiger partial charge >= 0.3 is 0 Å². The summed E-state index contributed by atoms with van der Waals surface area (Å²) in [4.78, 5) is 4.23. The Morgan fingerprint density at radius 1 is 1.04 bits per heavy atom. The van der Waals surface area contributed by atoms with Crippen molar-refractivity contribution in [3.63, 3.8) is 0 Å². The Morgan fingerprint density at radius 2 is 1.71 bits per heavy atom. The molecular formula is C17H16ClN3O4S3. The summed E-state index contributed by atoms with van der Waals surface area (Å²) in [6, 6.07) is 12.5. The average Bonchev–Trinajstić information content (AvgIpc) is 3.11. The predicted molar refractivity (Wildman–Crippen MR) is 109 cm³/mol. The molecule has 1 aromatic heterocycles. The third kappa shape index (κ3) is 4.04. The molecule has 28 heavy (non-hydrogen) atoms. The summed E-state index contributed by atoms with van der Waals surface area (Å²) in [5.74, 6) is 0.0226. The molecule has 0 saturated carbocycles. The van der Waals surface area contributed by atoms with E-state index in [0.717, 1.165) is 11.5 Å². The van der Waals surface area contributed by atoms with Gasteiger partial charge in [0.2, 0.25) is 5.13 Å². The van der Waals surface area contributed by atoms with Crippen molar-refractivity contribution >= 4 is 48.1 Å². The monoisotopic (exact) mass is 457 g/mol. The molecule has 1 unspecified atom stereocenters. The number of aromatic nitrogens is 2. The lowest BCUT2D eigenvalue weighted by Gasteiger charge is -2.10. The first-order chi connectivity index (χ1) is 13.1. The van der Waals surface area contributed by atoms with E-state index in [2.05, 4.69) is 14.1 Å². The number of benzene rings is 2. The number of hydrogen-bond acceptors (Lipinski definition) is 7. The van der Waals surface area contributed by atoms with Crippen LogP contribution in [0.3, 0.4) is 0 Å². The molecule has 0 radical (unpaired) electrons. The molecule has 2 aromatic carbocycles. The first-order valence-corrected chi connectivity index (χ1v) is 12.2. The Morgan fingerprint density at radius 3 is 2.39 bits per heavy atom. The van der Waals surface area contributed by atoms with Gasteiger partial charge in [0, 0.05) is 16.6 Å². The zero-order chi connectivity index (χ0) is 20.5. The first kappa shape index (κ1) is 20.7. The molecule has 0 aliphatic rings. The Hall–Kier alpha value is -2.01. The van der Waals surface area contributed by atoms with Crippen molar-refractivity contribution in [1.29, 1.82) is 0 Å². The summed E-state index contributed by atoms with van der Waals surface area (Å²) in [5.41, 5.74) is 0.404. The van der Waals surface area contributed by atoms with Crippen LogP contribution in [-0.4, -0.2) is 26.2 Å². The maximum Gasteiger partial charge on any atom is 0.264 e. The number of anilines is 1. The van der Waals surface area contributed by atoms with Crippen molar-refractivity contribution in [2.24, 2.45) is 0 Å². The van der Waals surface area contributed by atoms with Crippen LogP contribution in [0.1, 0.15) is 23.6 Å². The second-order valence-electron chi connectivity index (χ2n) is 5.93. The van der Waals surface area contributed by atoms with Crippen molar-refractivity contribution in [2.45, 2.75) is 28.9 Å². The van der Waals surface area contributed by atoms with E-state index < -0.39 is 25.1 Å². The fourth-order valence-corrected chi connectivity index (χ4v) is 6.22. The molecule has 0 aliphatic carbocycles. The Balaban J connectivity index is 1.87. The average molecular weight is 458 g/mol. The van der Waals surface area contributed by atoms with Crippen LogP contribution in [-0.2, 0) is 19.9 Å². The van der Waals surface area contributed by atoms with E-state index in [0.29, 0.717) is 10.6 Å². The predicted octanol–water partition coefficient (Wildman–Crippen LogP) is 3.84. The molecule has 0 saturated heterocycles. The van der Waals surface area contributed by atoms with Crippen LogP contribution >= 0.6 is 23.1 Å². The molecule has 148 valence electrons. The summed E-state index contributed by atoms with van der Waals surface area (Å²) in [6.45, 7) is 3.06. The van der Waals surface area contributed by atoms with Crippen LogP contribution in [0.5, 0.6) is 0 Å². The third-order valence-corrected chi connectivity index (χ3v) is 8.81. The molecule has 1 atom stereocenters. The maximum absolute atomic E-state index is 12.7. The summed E-state index contributed by atoms with van der Waals surface area (Å²) < 4.78 is 57.0. The van der Waals surface area contributed by atoms with Gasteiger partial charge in [-0.05, 0) is 43.7 Å². The van der Waals surface area contributed by atoms with Crippen molar-refractivity contribution in [1.82, 2.24) is 9.36 Å². The maximum atomic E-state index is 12.7. The molecule has 3 rings (SSSR count). The Kier molecular flexibility index (Phi) is 5.76. The van der Waals surface area contributed by atoms with Gasteiger partial charge < -0.3 is 0 Å². The number of sulfonamides is 1. The molecule has 3 aromatic rings. The molecule has 1 N–H and O–H groups in total. The lowest BCUT2D eigenvalue weighted by molar-refractivity contribution is 0.584. The molecule has 0 bridgehead atoms. The highest BCUT2D eigenvalue weighted by Crippen LogP contribution is 2.30. The SMILES string of the molecule is Cc1c(Cl)cccc1S(=O)(=O)Nc1nc(C(C)S(=O)(=O)c2ccccc2)ns1. The van der Waals surface area contributed by atoms with Gasteiger partial charge in [0.15, 0.2) is 15.7 Å². The number of rotatable bonds is 6. The fourth-order valence-electron chi connectivity index (χ4n) is 2.44. The number of nitrogens with one attached hydrogen (secondary N) is 1. The van der Waals surface area contributed by atoms with Crippen molar-refractivity contribution in [2.75, 3.05) is 4.72 Å². The smallest absolute Gasteiger partial charge is 0.253 e. The highest BCUT2D eigenvalue weighted by Gasteiger charge is 2.29. The van der Waals surface area contributed by atoms with Gasteiger partial charge in [-0.25, -0.2) is 21.8 Å². The van der Waals surface area contributed by atoms with Gasteiger partial charge in [0.1, 0.15) is 5.25 Å². The summed E-state index contributed by atoms with van der Waals surface area (Å²) in [5, 5.41) is -0.731. The Labute approximate surface area is 172 Å². The van der Waals surface area contributed by atoms with E-state index in [1.807, 2.05) is 0 Å².